The van der Waals surface area contributed by atoms with Gasteiger partial charge in [0, 0.05) is 5.39 Å². The fourth-order valence-electron chi connectivity index (χ4n) is 2.14. The Kier molecular flexibility index (Phi) is 2.72. The number of hydrogen-bond acceptors (Lipinski definition) is 5. The second-order valence-corrected chi connectivity index (χ2v) is 4.25. The van der Waals surface area contributed by atoms with Crippen LogP contribution >= 0.6 is 0 Å². The number of fused-ring (bicyclic) bond motifs is 2. The molecular weight excluding hydrogens is 244 g/mol. The number of ether oxygens (including phenoxy) is 1. The highest BCUT2D eigenvalue weighted by atomic mass is 16.5. The van der Waals surface area contributed by atoms with Crippen molar-refractivity contribution in [1.82, 2.24) is 14.8 Å². The molecule has 0 aliphatic heterocycles. The molecule has 2 heterocycles. The average Bonchev–Trinajstić information content (AvgIpc) is 2.73. The van der Waals surface area contributed by atoms with Gasteiger partial charge >= 0.3 is 0 Å². The Hall–Kier alpha value is -2.34. The highest BCUT2D eigenvalue weighted by Crippen LogP contribution is 2.26. The highest BCUT2D eigenvalue weighted by Gasteiger charge is 2.11. The number of aliphatic hydroxyl groups is 1. The summed E-state index contributed by atoms with van der Waals surface area (Å²) in [4.78, 5) is 4.55. The number of rotatable bonds is 3. The van der Waals surface area contributed by atoms with Crippen LogP contribution in [0.25, 0.3) is 21.9 Å². The number of nitrogen functional groups attached to an aromatic ring is 1. The molecule has 0 spiro atoms. The summed E-state index contributed by atoms with van der Waals surface area (Å²) in [6, 6.07) is 7.60. The molecule has 3 N–H and O–H groups in total. The van der Waals surface area contributed by atoms with Gasteiger partial charge in [0.15, 0.2) is 11.5 Å². The maximum atomic E-state index is 9.02. The molecule has 0 unspecified atom stereocenters. The smallest absolute Gasteiger partial charge is 0.160 e. The van der Waals surface area contributed by atoms with Crippen molar-refractivity contribution in [2.24, 2.45) is 0 Å². The summed E-state index contributed by atoms with van der Waals surface area (Å²) in [5, 5.41) is 14.9. The molecule has 2 aromatic heterocycles. The molecule has 1 aromatic carbocycles. The normalized spacial score (nSPS) is 11.3. The van der Waals surface area contributed by atoms with Gasteiger partial charge in [-0.25, -0.2) is 9.67 Å². The van der Waals surface area contributed by atoms with Crippen LogP contribution in [0, 0.1) is 0 Å². The minimum absolute atomic E-state index is 0.00144. The van der Waals surface area contributed by atoms with E-state index in [0.717, 1.165) is 22.0 Å². The lowest BCUT2D eigenvalue weighted by Crippen LogP contribution is -2.05. The topological polar surface area (TPSA) is 86.2 Å². The van der Waals surface area contributed by atoms with E-state index in [4.69, 9.17) is 15.6 Å². The first-order chi connectivity index (χ1) is 9.22. The van der Waals surface area contributed by atoms with Crippen molar-refractivity contribution in [3.63, 3.8) is 0 Å². The number of benzene rings is 1. The maximum Gasteiger partial charge on any atom is 0.160 e. The molecule has 0 fully saturated rings. The zero-order valence-corrected chi connectivity index (χ0v) is 10.5. The quantitative estimate of drug-likeness (QED) is 0.736. The van der Waals surface area contributed by atoms with Crippen LogP contribution in [-0.2, 0) is 6.54 Å². The SMILES string of the molecule is COc1ccc2nc3c(cc2c1)c(N)nn3CCO. The van der Waals surface area contributed by atoms with Gasteiger partial charge in [-0.3, -0.25) is 0 Å². The molecule has 6 nitrogen and oxygen atoms in total. The fraction of sp³-hybridized carbons (Fsp3) is 0.231. The number of nitrogens with two attached hydrogens (primary N) is 1. The minimum Gasteiger partial charge on any atom is -0.497 e. The summed E-state index contributed by atoms with van der Waals surface area (Å²) in [5.74, 6) is 1.19. The van der Waals surface area contributed by atoms with E-state index in [0.29, 0.717) is 18.0 Å². The van der Waals surface area contributed by atoms with Crippen LogP contribution < -0.4 is 10.5 Å². The Morgan fingerprint density at radius 3 is 2.95 bits per heavy atom. The number of hydrogen-bond donors (Lipinski definition) is 2. The molecule has 0 bridgehead atoms. The van der Waals surface area contributed by atoms with Crippen molar-refractivity contribution >= 4 is 27.8 Å². The van der Waals surface area contributed by atoms with Gasteiger partial charge in [-0.05, 0) is 24.3 Å². The lowest BCUT2D eigenvalue weighted by molar-refractivity contribution is 0.271. The van der Waals surface area contributed by atoms with Crippen molar-refractivity contribution < 1.29 is 9.84 Å². The van der Waals surface area contributed by atoms with Crippen LogP contribution in [0.3, 0.4) is 0 Å². The van der Waals surface area contributed by atoms with E-state index >= 15 is 0 Å². The highest BCUT2D eigenvalue weighted by molar-refractivity contribution is 5.96. The Morgan fingerprint density at radius 2 is 2.21 bits per heavy atom. The summed E-state index contributed by atoms with van der Waals surface area (Å²) >= 11 is 0. The molecule has 6 heteroatoms. The molecule has 19 heavy (non-hydrogen) atoms. The Morgan fingerprint density at radius 1 is 1.37 bits per heavy atom. The van der Waals surface area contributed by atoms with Gasteiger partial charge in [0.25, 0.3) is 0 Å². The van der Waals surface area contributed by atoms with Gasteiger partial charge in [-0.1, -0.05) is 0 Å². The number of pyridine rings is 1. The summed E-state index contributed by atoms with van der Waals surface area (Å²) in [6.07, 6.45) is 0. The van der Waals surface area contributed by atoms with Crippen LogP contribution in [0.15, 0.2) is 24.3 Å². The van der Waals surface area contributed by atoms with Crippen molar-refractivity contribution in [2.75, 3.05) is 19.5 Å². The average molecular weight is 258 g/mol. The van der Waals surface area contributed by atoms with E-state index in [9.17, 15) is 0 Å². The van der Waals surface area contributed by atoms with Gasteiger partial charge in [-0.2, -0.15) is 5.10 Å². The van der Waals surface area contributed by atoms with Gasteiger partial charge in [-0.15, -0.1) is 0 Å². The third-order valence-electron chi connectivity index (χ3n) is 3.06. The van der Waals surface area contributed by atoms with Gasteiger partial charge in [0.2, 0.25) is 0 Å². The molecule has 3 rings (SSSR count). The minimum atomic E-state index is -0.00144. The number of aromatic nitrogens is 3. The standard InChI is InChI=1S/C13H14N4O2/c1-19-9-2-3-11-8(6-9)7-10-12(14)16-17(4-5-18)13(10)15-11/h2-3,6-7,18H,4-5H2,1H3,(H2,14,16). The first kappa shape index (κ1) is 11.7. The molecule has 0 saturated heterocycles. The second kappa shape index (κ2) is 4.40. The van der Waals surface area contributed by atoms with Gasteiger partial charge in [0.05, 0.1) is 31.2 Å². The van der Waals surface area contributed by atoms with Crippen molar-refractivity contribution in [3.05, 3.63) is 24.3 Å². The number of anilines is 1. The lowest BCUT2D eigenvalue weighted by atomic mass is 10.2. The van der Waals surface area contributed by atoms with Crippen LogP contribution in [0.4, 0.5) is 5.82 Å². The number of methoxy groups -OCH3 is 1. The second-order valence-electron chi connectivity index (χ2n) is 4.25. The van der Waals surface area contributed by atoms with E-state index in [2.05, 4.69) is 10.1 Å². The molecule has 0 radical (unpaired) electrons. The van der Waals surface area contributed by atoms with E-state index in [-0.39, 0.29) is 6.61 Å². The van der Waals surface area contributed by atoms with E-state index in [1.807, 2.05) is 24.3 Å². The van der Waals surface area contributed by atoms with Crippen LogP contribution in [0.5, 0.6) is 5.75 Å². The van der Waals surface area contributed by atoms with E-state index < -0.39 is 0 Å². The largest absolute Gasteiger partial charge is 0.497 e. The molecule has 98 valence electrons. The maximum absolute atomic E-state index is 9.02. The molecule has 0 atom stereocenters. The predicted molar refractivity (Wildman–Crippen MR) is 73.1 cm³/mol. The summed E-state index contributed by atoms with van der Waals surface area (Å²) in [6.45, 7) is 0.376. The van der Waals surface area contributed by atoms with E-state index in [1.54, 1.807) is 11.8 Å². The molecule has 0 saturated carbocycles. The van der Waals surface area contributed by atoms with Gasteiger partial charge in [0.1, 0.15) is 5.75 Å². The third kappa shape index (κ3) is 1.86. The lowest BCUT2D eigenvalue weighted by Gasteiger charge is -2.03. The first-order valence-electron chi connectivity index (χ1n) is 5.94. The van der Waals surface area contributed by atoms with Crippen LogP contribution in [-0.4, -0.2) is 33.6 Å². The molecular formula is C13H14N4O2. The summed E-state index contributed by atoms with van der Waals surface area (Å²) in [5.41, 5.74) is 7.41. The van der Waals surface area contributed by atoms with E-state index in [1.165, 1.54) is 0 Å². The van der Waals surface area contributed by atoms with Crippen molar-refractivity contribution in [1.29, 1.82) is 0 Å². The molecule has 0 aliphatic carbocycles. The Balaban J connectivity index is 2.29. The summed E-state index contributed by atoms with van der Waals surface area (Å²) < 4.78 is 6.81. The Bertz CT molecular complexity index is 751. The predicted octanol–water partition coefficient (Wildman–Crippen LogP) is 1.17. The fourth-order valence-corrected chi connectivity index (χ4v) is 2.14. The first-order valence-corrected chi connectivity index (χ1v) is 5.94. The van der Waals surface area contributed by atoms with Crippen molar-refractivity contribution in [2.45, 2.75) is 6.54 Å². The molecule has 0 aliphatic rings. The number of aliphatic hydroxyl groups excluding tert-OH is 1. The van der Waals surface area contributed by atoms with Crippen molar-refractivity contribution in [3.8, 4) is 5.75 Å². The Labute approximate surface area is 109 Å². The molecule has 0 amide bonds. The number of nitrogens with zero attached hydrogens (tertiary/aromatic N) is 3. The molecule has 3 aromatic rings. The zero-order chi connectivity index (χ0) is 13.4. The van der Waals surface area contributed by atoms with Gasteiger partial charge < -0.3 is 15.6 Å². The monoisotopic (exact) mass is 258 g/mol. The summed E-state index contributed by atoms with van der Waals surface area (Å²) in [7, 11) is 1.63. The zero-order valence-electron chi connectivity index (χ0n) is 10.5. The van der Waals surface area contributed by atoms with Crippen LogP contribution in [0.1, 0.15) is 0 Å². The van der Waals surface area contributed by atoms with Crippen LogP contribution in [0.2, 0.25) is 0 Å². The third-order valence-corrected chi connectivity index (χ3v) is 3.06.